The van der Waals surface area contributed by atoms with E-state index in [1.165, 1.54) is 6.20 Å². The molecule has 1 aromatic heterocycles. The Kier molecular flexibility index (Phi) is 5.11. The second kappa shape index (κ2) is 7.28. The SMILES string of the molecule is O=C(c1cccnc1OCC(F)F)N1CCC[C@@]2(CC=CCC2)C1. The van der Waals surface area contributed by atoms with Gasteiger partial charge in [-0.05, 0) is 49.7 Å². The summed E-state index contributed by atoms with van der Waals surface area (Å²) in [4.78, 5) is 18.7. The third-order valence-electron chi connectivity index (χ3n) is 4.86. The van der Waals surface area contributed by atoms with E-state index in [9.17, 15) is 13.6 Å². The first-order valence-corrected chi connectivity index (χ1v) is 8.40. The van der Waals surface area contributed by atoms with Gasteiger partial charge < -0.3 is 9.64 Å². The molecule has 0 saturated carbocycles. The van der Waals surface area contributed by atoms with E-state index in [4.69, 9.17) is 4.74 Å². The molecule has 1 aliphatic heterocycles. The highest BCUT2D eigenvalue weighted by atomic mass is 19.3. The van der Waals surface area contributed by atoms with Crippen LogP contribution in [0.2, 0.25) is 0 Å². The fourth-order valence-electron chi connectivity index (χ4n) is 3.68. The summed E-state index contributed by atoms with van der Waals surface area (Å²) in [7, 11) is 0. The Morgan fingerprint density at radius 3 is 3.00 bits per heavy atom. The van der Waals surface area contributed by atoms with Crippen LogP contribution in [0.15, 0.2) is 30.5 Å². The van der Waals surface area contributed by atoms with Gasteiger partial charge in [-0.3, -0.25) is 4.79 Å². The number of amides is 1. The lowest BCUT2D eigenvalue weighted by molar-refractivity contribution is 0.0469. The van der Waals surface area contributed by atoms with Gasteiger partial charge in [0.1, 0.15) is 5.56 Å². The molecule has 3 rings (SSSR count). The maximum absolute atomic E-state index is 12.9. The van der Waals surface area contributed by atoms with E-state index in [0.717, 1.165) is 32.1 Å². The van der Waals surface area contributed by atoms with Crippen LogP contribution in [0.5, 0.6) is 5.88 Å². The summed E-state index contributed by atoms with van der Waals surface area (Å²) < 4.78 is 29.8. The van der Waals surface area contributed by atoms with E-state index in [-0.39, 0.29) is 22.8 Å². The number of alkyl halides is 2. The van der Waals surface area contributed by atoms with Crippen molar-refractivity contribution in [2.75, 3.05) is 19.7 Å². The molecule has 0 unspecified atom stereocenters. The third kappa shape index (κ3) is 3.74. The van der Waals surface area contributed by atoms with E-state index in [0.29, 0.717) is 13.1 Å². The molecule has 0 radical (unpaired) electrons. The van der Waals surface area contributed by atoms with Gasteiger partial charge in [-0.2, -0.15) is 0 Å². The summed E-state index contributed by atoms with van der Waals surface area (Å²) in [6.07, 6.45) is 8.49. The molecule has 1 atom stereocenters. The zero-order valence-corrected chi connectivity index (χ0v) is 13.6. The summed E-state index contributed by atoms with van der Waals surface area (Å²) in [6.45, 7) is 0.638. The molecule has 2 aliphatic rings. The van der Waals surface area contributed by atoms with Gasteiger partial charge in [-0.15, -0.1) is 0 Å². The fraction of sp³-hybridized carbons (Fsp3) is 0.556. The lowest BCUT2D eigenvalue weighted by atomic mass is 9.71. The van der Waals surface area contributed by atoms with Crippen molar-refractivity contribution in [1.82, 2.24) is 9.88 Å². The first-order chi connectivity index (χ1) is 11.6. The van der Waals surface area contributed by atoms with Crippen molar-refractivity contribution in [2.45, 2.75) is 38.5 Å². The Morgan fingerprint density at radius 2 is 2.25 bits per heavy atom. The number of hydrogen-bond acceptors (Lipinski definition) is 3. The highest BCUT2D eigenvalue weighted by Gasteiger charge is 2.37. The van der Waals surface area contributed by atoms with Crippen LogP contribution in [0.25, 0.3) is 0 Å². The van der Waals surface area contributed by atoms with E-state index >= 15 is 0 Å². The van der Waals surface area contributed by atoms with Crippen molar-refractivity contribution in [2.24, 2.45) is 5.41 Å². The number of piperidine rings is 1. The van der Waals surface area contributed by atoms with Gasteiger partial charge >= 0.3 is 0 Å². The summed E-state index contributed by atoms with van der Waals surface area (Å²) >= 11 is 0. The first-order valence-electron chi connectivity index (χ1n) is 8.40. The molecule has 24 heavy (non-hydrogen) atoms. The van der Waals surface area contributed by atoms with Crippen LogP contribution in [0.4, 0.5) is 8.78 Å². The van der Waals surface area contributed by atoms with Crippen LogP contribution in [0.1, 0.15) is 42.5 Å². The number of carbonyl (C=O) groups is 1. The normalized spacial score (nSPS) is 23.7. The monoisotopic (exact) mass is 336 g/mol. The quantitative estimate of drug-likeness (QED) is 0.788. The maximum Gasteiger partial charge on any atom is 0.272 e. The lowest BCUT2D eigenvalue weighted by Gasteiger charge is -2.44. The second-order valence-electron chi connectivity index (χ2n) is 6.60. The maximum atomic E-state index is 12.9. The van der Waals surface area contributed by atoms with Crippen LogP contribution < -0.4 is 4.74 Å². The largest absolute Gasteiger partial charge is 0.471 e. The number of pyridine rings is 1. The number of nitrogens with zero attached hydrogens (tertiary/aromatic N) is 2. The van der Waals surface area contributed by atoms with Gasteiger partial charge in [0.25, 0.3) is 12.3 Å². The Bertz CT molecular complexity index is 621. The van der Waals surface area contributed by atoms with E-state index in [1.807, 2.05) is 4.90 Å². The van der Waals surface area contributed by atoms with Crippen molar-refractivity contribution in [3.63, 3.8) is 0 Å². The fourth-order valence-corrected chi connectivity index (χ4v) is 3.68. The molecule has 1 spiro atoms. The van der Waals surface area contributed by atoms with Gasteiger partial charge in [0.05, 0.1) is 0 Å². The van der Waals surface area contributed by atoms with Crippen molar-refractivity contribution in [3.05, 3.63) is 36.0 Å². The zero-order chi connectivity index (χ0) is 17.0. The van der Waals surface area contributed by atoms with E-state index in [1.54, 1.807) is 12.1 Å². The van der Waals surface area contributed by atoms with Gasteiger partial charge in [-0.1, -0.05) is 12.2 Å². The molecule has 0 bridgehead atoms. The van der Waals surface area contributed by atoms with Crippen molar-refractivity contribution >= 4 is 5.91 Å². The molecule has 1 aromatic rings. The standard InChI is InChI=1S/C18H22F2N2O2/c19-15(20)12-24-16-14(6-4-10-21-16)17(23)22-11-5-9-18(13-22)7-2-1-3-8-18/h1-2,4,6,10,15H,3,5,7-9,11-13H2/t18-/m0/s1. The van der Waals surface area contributed by atoms with Gasteiger partial charge in [0.2, 0.25) is 5.88 Å². The highest BCUT2D eigenvalue weighted by molar-refractivity contribution is 5.96. The Morgan fingerprint density at radius 1 is 1.38 bits per heavy atom. The number of halogens is 2. The van der Waals surface area contributed by atoms with Crippen molar-refractivity contribution in [3.8, 4) is 5.88 Å². The second-order valence-corrected chi connectivity index (χ2v) is 6.60. The molecule has 0 aromatic carbocycles. The number of aromatic nitrogens is 1. The number of likely N-dealkylation sites (tertiary alicyclic amines) is 1. The minimum atomic E-state index is -2.60. The van der Waals surface area contributed by atoms with Crippen LogP contribution in [0.3, 0.4) is 0 Å². The summed E-state index contributed by atoms with van der Waals surface area (Å²) in [6, 6.07) is 3.23. The first kappa shape index (κ1) is 16.9. The molecule has 2 heterocycles. The molecule has 1 aliphatic carbocycles. The highest BCUT2D eigenvalue weighted by Crippen LogP contribution is 2.41. The molecule has 1 saturated heterocycles. The molecular formula is C18H22F2N2O2. The molecule has 6 heteroatoms. The van der Waals surface area contributed by atoms with Crippen molar-refractivity contribution < 1.29 is 18.3 Å². The predicted molar refractivity (Wildman–Crippen MR) is 86.3 cm³/mol. The van der Waals surface area contributed by atoms with Gasteiger partial charge in [0.15, 0.2) is 6.61 Å². The summed E-state index contributed by atoms with van der Waals surface area (Å²) in [5.41, 5.74) is 0.427. The average molecular weight is 336 g/mol. The molecular weight excluding hydrogens is 314 g/mol. The number of carbonyl (C=O) groups excluding carboxylic acids is 1. The molecule has 0 N–H and O–H groups in total. The molecule has 4 nitrogen and oxygen atoms in total. The average Bonchev–Trinajstić information content (AvgIpc) is 2.60. The van der Waals surface area contributed by atoms with Crippen LogP contribution in [-0.2, 0) is 0 Å². The minimum Gasteiger partial charge on any atom is -0.471 e. The zero-order valence-electron chi connectivity index (χ0n) is 13.6. The Balaban J connectivity index is 1.75. The number of rotatable bonds is 4. The topological polar surface area (TPSA) is 42.4 Å². The summed E-state index contributed by atoms with van der Waals surface area (Å²) in [5.74, 6) is -0.188. The number of ether oxygens (including phenoxy) is 1. The molecule has 1 fully saturated rings. The third-order valence-corrected chi connectivity index (χ3v) is 4.86. The minimum absolute atomic E-state index is 0.00837. The molecule has 130 valence electrons. The number of hydrogen-bond donors (Lipinski definition) is 0. The van der Waals surface area contributed by atoms with Gasteiger partial charge in [0, 0.05) is 19.3 Å². The van der Waals surface area contributed by atoms with Crippen LogP contribution in [0, 0.1) is 5.41 Å². The molecule has 1 amide bonds. The van der Waals surface area contributed by atoms with Crippen LogP contribution in [-0.4, -0.2) is 41.9 Å². The Hall–Kier alpha value is -1.98. The predicted octanol–water partition coefficient (Wildman–Crippen LogP) is 3.69. The van der Waals surface area contributed by atoms with Gasteiger partial charge in [-0.25, -0.2) is 13.8 Å². The van der Waals surface area contributed by atoms with E-state index in [2.05, 4.69) is 17.1 Å². The smallest absolute Gasteiger partial charge is 0.272 e. The van der Waals surface area contributed by atoms with E-state index < -0.39 is 13.0 Å². The Labute approximate surface area is 140 Å². The van der Waals surface area contributed by atoms with Crippen LogP contribution >= 0.6 is 0 Å². The summed E-state index contributed by atoms with van der Waals surface area (Å²) in [5, 5.41) is 0. The van der Waals surface area contributed by atoms with Crippen molar-refractivity contribution in [1.29, 1.82) is 0 Å². The lowest BCUT2D eigenvalue weighted by Crippen LogP contribution is -2.46. The number of allylic oxidation sites excluding steroid dienone is 2.